The molecule has 1 aromatic heterocycles. The highest BCUT2D eigenvalue weighted by Crippen LogP contribution is 2.37. The molecule has 1 aromatic carbocycles. The Balaban J connectivity index is 1.85. The maximum Gasteiger partial charge on any atom is 0.185 e. The summed E-state index contributed by atoms with van der Waals surface area (Å²) in [7, 11) is 0. The van der Waals surface area contributed by atoms with Crippen molar-refractivity contribution in [3.63, 3.8) is 0 Å². The van der Waals surface area contributed by atoms with Crippen molar-refractivity contribution < 1.29 is 40.1 Å². The van der Waals surface area contributed by atoms with Gasteiger partial charge in [0.25, 0.3) is 0 Å². The molecule has 0 aliphatic carbocycles. The third kappa shape index (κ3) is 2.83. The molecule has 0 amide bonds. The van der Waals surface area contributed by atoms with Crippen LogP contribution in [-0.4, -0.2) is 89.6 Å². The number of benzene rings is 1. The standard InChI is InChI=1S/C17H22N2O8S/c20-5-9-11(22)13(24)15(26-9)18-7-3-1-2-4-8(7)19(17(18)28)16-14(25)12(23)10(6-21)27-16/h1-4,9-16,20-25H,5-6H2/t9-,10-,11-,12-,13-,14-,15-,16-/m1/s1. The smallest absolute Gasteiger partial charge is 0.185 e. The van der Waals surface area contributed by atoms with Crippen molar-refractivity contribution in [1.29, 1.82) is 0 Å². The average Bonchev–Trinajstić information content (AvgIpc) is 3.26. The number of hydrogen-bond acceptors (Lipinski definition) is 9. The van der Waals surface area contributed by atoms with Gasteiger partial charge < -0.3 is 40.1 Å². The summed E-state index contributed by atoms with van der Waals surface area (Å²) in [6.45, 7) is -0.953. The highest BCUT2D eigenvalue weighted by molar-refractivity contribution is 7.71. The second-order valence-electron chi connectivity index (χ2n) is 6.97. The van der Waals surface area contributed by atoms with Crippen LogP contribution in [0.2, 0.25) is 0 Å². The Morgan fingerprint density at radius 3 is 1.46 bits per heavy atom. The molecule has 2 aliphatic heterocycles. The van der Waals surface area contributed by atoms with Gasteiger partial charge in [0.15, 0.2) is 17.2 Å². The van der Waals surface area contributed by atoms with Gasteiger partial charge >= 0.3 is 0 Å². The molecule has 28 heavy (non-hydrogen) atoms. The van der Waals surface area contributed by atoms with E-state index < -0.39 is 62.3 Å². The van der Waals surface area contributed by atoms with Crippen LogP contribution in [0.25, 0.3) is 11.0 Å². The van der Waals surface area contributed by atoms with E-state index in [0.717, 1.165) is 0 Å². The zero-order chi connectivity index (χ0) is 20.2. The highest BCUT2D eigenvalue weighted by atomic mass is 32.1. The van der Waals surface area contributed by atoms with E-state index in [1.165, 1.54) is 9.13 Å². The molecule has 0 spiro atoms. The number of imidazole rings is 1. The summed E-state index contributed by atoms with van der Waals surface area (Å²) >= 11 is 5.55. The van der Waals surface area contributed by atoms with Crippen molar-refractivity contribution in [3.8, 4) is 0 Å². The molecule has 2 aliphatic rings. The van der Waals surface area contributed by atoms with Gasteiger partial charge in [0.1, 0.15) is 36.6 Å². The van der Waals surface area contributed by atoms with E-state index in [1.807, 2.05) is 0 Å². The van der Waals surface area contributed by atoms with Crippen LogP contribution in [0.3, 0.4) is 0 Å². The van der Waals surface area contributed by atoms with Crippen molar-refractivity contribution >= 4 is 23.3 Å². The van der Waals surface area contributed by atoms with Gasteiger partial charge in [0.2, 0.25) is 0 Å². The zero-order valence-corrected chi connectivity index (χ0v) is 15.5. The summed E-state index contributed by atoms with van der Waals surface area (Å²) in [5, 5.41) is 59.8. The van der Waals surface area contributed by atoms with Crippen LogP contribution < -0.4 is 0 Å². The van der Waals surface area contributed by atoms with Crippen molar-refractivity contribution in [3.05, 3.63) is 29.0 Å². The topological polar surface area (TPSA) is 150 Å². The second kappa shape index (κ2) is 7.44. The van der Waals surface area contributed by atoms with Gasteiger partial charge in [-0.15, -0.1) is 0 Å². The molecule has 2 aromatic rings. The molecular formula is C17H22N2O8S. The Morgan fingerprint density at radius 1 is 0.750 bits per heavy atom. The first-order valence-electron chi connectivity index (χ1n) is 8.87. The number of ether oxygens (including phenoxy) is 2. The molecule has 0 saturated carbocycles. The molecule has 6 N–H and O–H groups in total. The fourth-order valence-corrected chi connectivity index (χ4v) is 4.28. The first-order valence-corrected chi connectivity index (χ1v) is 9.28. The summed E-state index contributed by atoms with van der Waals surface area (Å²) in [4.78, 5) is 0. The minimum absolute atomic E-state index is 0.117. The summed E-state index contributed by atoms with van der Waals surface area (Å²) < 4.78 is 14.3. The van der Waals surface area contributed by atoms with Gasteiger partial charge in [-0.05, 0) is 24.4 Å². The largest absolute Gasteiger partial charge is 0.394 e. The van der Waals surface area contributed by atoms with E-state index in [2.05, 4.69) is 0 Å². The molecule has 0 bridgehead atoms. The first-order chi connectivity index (χ1) is 13.4. The van der Waals surface area contributed by atoms with Crippen LogP contribution >= 0.6 is 12.2 Å². The zero-order valence-electron chi connectivity index (χ0n) is 14.6. The molecule has 0 unspecified atom stereocenters. The van der Waals surface area contributed by atoms with Gasteiger partial charge in [0.05, 0.1) is 24.2 Å². The lowest BCUT2D eigenvalue weighted by Gasteiger charge is -2.19. The maximum absolute atomic E-state index is 10.4. The van der Waals surface area contributed by atoms with E-state index in [1.54, 1.807) is 24.3 Å². The number of rotatable bonds is 4. The van der Waals surface area contributed by atoms with Gasteiger partial charge in [-0.1, -0.05) is 12.1 Å². The summed E-state index contributed by atoms with van der Waals surface area (Å²) in [6, 6.07) is 6.93. The molecule has 4 rings (SSSR count). The molecule has 3 heterocycles. The molecule has 11 heteroatoms. The lowest BCUT2D eigenvalue weighted by atomic mass is 10.1. The van der Waals surface area contributed by atoms with Crippen molar-refractivity contribution in [1.82, 2.24) is 9.13 Å². The van der Waals surface area contributed by atoms with Crippen LogP contribution in [0.5, 0.6) is 0 Å². The van der Waals surface area contributed by atoms with Crippen molar-refractivity contribution in [2.75, 3.05) is 13.2 Å². The van der Waals surface area contributed by atoms with Crippen molar-refractivity contribution in [2.45, 2.75) is 49.1 Å². The number of para-hydroxylation sites is 2. The Bertz CT molecular complexity index is 846. The minimum atomic E-state index is -1.34. The quantitative estimate of drug-likeness (QED) is 0.325. The van der Waals surface area contributed by atoms with Crippen LogP contribution in [0.1, 0.15) is 12.5 Å². The minimum Gasteiger partial charge on any atom is -0.394 e. The number of aromatic nitrogens is 2. The summed E-state index contributed by atoms with van der Waals surface area (Å²) in [5.41, 5.74) is 1.08. The number of fused-ring (bicyclic) bond motifs is 1. The Labute approximate surface area is 164 Å². The van der Waals surface area contributed by atoms with Crippen LogP contribution in [-0.2, 0) is 9.47 Å². The van der Waals surface area contributed by atoms with Crippen LogP contribution in [0, 0.1) is 4.77 Å². The van der Waals surface area contributed by atoms with E-state index in [4.69, 9.17) is 21.7 Å². The third-order valence-corrected chi connectivity index (χ3v) is 5.75. The number of hydrogen-bond donors (Lipinski definition) is 6. The van der Waals surface area contributed by atoms with Crippen LogP contribution in [0.4, 0.5) is 0 Å². The normalized spacial score (nSPS) is 38.5. The number of nitrogens with zero attached hydrogens (tertiary/aromatic N) is 2. The van der Waals surface area contributed by atoms with E-state index in [0.29, 0.717) is 11.0 Å². The fourth-order valence-electron chi connectivity index (χ4n) is 3.87. The molecule has 2 fully saturated rings. The van der Waals surface area contributed by atoms with Gasteiger partial charge in [-0.3, -0.25) is 9.13 Å². The lowest BCUT2D eigenvalue weighted by Crippen LogP contribution is -2.33. The Kier molecular flexibility index (Phi) is 5.29. The second-order valence-corrected chi connectivity index (χ2v) is 7.33. The Morgan fingerprint density at radius 2 is 1.14 bits per heavy atom. The average molecular weight is 414 g/mol. The molecule has 10 nitrogen and oxygen atoms in total. The first kappa shape index (κ1) is 19.9. The van der Waals surface area contributed by atoms with Gasteiger partial charge in [0, 0.05) is 0 Å². The fraction of sp³-hybridized carbons (Fsp3) is 0.588. The molecular weight excluding hydrogens is 392 g/mol. The Hall–Kier alpha value is -1.41. The molecule has 8 atom stereocenters. The lowest BCUT2D eigenvalue weighted by molar-refractivity contribution is -0.0599. The van der Waals surface area contributed by atoms with Crippen LogP contribution in [0.15, 0.2) is 24.3 Å². The van der Waals surface area contributed by atoms with Gasteiger partial charge in [-0.2, -0.15) is 0 Å². The molecule has 0 radical (unpaired) electrons. The number of aliphatic hydroxyl groups excluding tert-OH is 6. The predicted octanol–water partition coefficient (Wildman–Crippen LogP) is -1.60. The monoisotopic (exact) mass is 414 g/mol. The van der Waals surface area contributed by atoms with E-state index in [9.17, 15) is 30.6 Å². The highest BCUT2D eigenvalue weighted by Gasteiger charge is 2.47. The number of aliphatic hydroxyl groups is 6. The summed E-state index contributed by atoms with van der Waals surface area (Å²) in [5.74, 6) is 0. The third-order valence-electron chi connectivity index (χ3n) is 5.36. The van der Waals surface area contributed by atoms with E-state index in [-0.39, 0.29) is 4.77 Å². The predicted molar refractivity (Wildman–Crippen MR) is 96.8 cm³/mol. The maximum atomic E-state index is 10.4. The SMILES string of the molecule is OC[C@H]1O[C@@H](n2c(=S)n([C@@H]3O[C@H](CO)[C@@H](O)[C@H]3O)c3ccccc32)[C@H](O)[C@@H]1O. The molecule has 154 valence electrons. The summed E-state index contributed by atoms with van der Waals surface area (Å²) in [6.07, 6.45) is -9.36. The van der Waals surface area contributed by atoms with Crippen molar-refractivity contribution in [2.24, 2.45) is 0 Å². The molecule has 2 saturated heterocycles. The van der Waals surface area contributed by atoms with E-state index >= 15 is 0 Å². The van der Waals surface area contributed by atoms with Gasteiger partial charge in [-0.25, -0.2) is 0 Å².